The Hall–Kier alpha value is -2.75. The molecule has 3 N–H and O–H groups in total. The first-order valence-electron chi connectivity index (χ1n) is 5.42. The van der Waals surface area contributed by atoms with Gasteiger partial charge in [-0.2, -0.15) is 0 Å². The number of carbonyl (C=O) groups is 3. The molecule has 0 aliphatic carbocycles. The lowest BCUT2D eigenvalue weighted by atomic mass is 10.4. The molecule has 0 aliphatic rings. The van der Waals surface area contributed by atoms with E-state index in [2.05, 4.69) is 21.9 Å². The SMILES string of the molecule is C#CCNC(=O)CNC(=O)CNC(=O)c1ccco1. The quantitative estimate of drug-likeness (QED) is 0.566. The van der Waals surface area contributed by atoms with Crippen molar-refractivity contribution in [1.82, 2.24) is 16.0 Å². The molecule has 19 heavy (non-hydrogen) atoms. The fraction of sp³-hybridized carbons (Fsp3) is 0.250. The van der Waals surface area contributed by atoms with Gasteiger partial charge in [-0.15, -0.1) is 6.42 Å². The van der Waals surface area contributed by atoms with Crippen molar-refractivity contribution in [1.29, 1.82) is 0 Å². The van der Waals surface area contributed by atoms with Crippen molar-refractivity contribution in [2.75, 3.05) is 19.6 Å². The highest BCUT2D eigenvalue weighted by molar-refractivity contribution is 5.94. The number of carbonyl (C=O) groups excluding carboxylic acids is 3. The van der Waals surface area contributed by atoms with Crippen LogP contribution in [0.25, 0.3) is 0 Å². The van der Waals surface area contributed by atoms with E-state index in [0.717, 1.165) is 0 Å². The molecule has 0 aliphatic heterocycles. The van der Waals surface area contributed by atoms with Crippen LogP contribution < -0.4 is 16.0 Å². The highest BCUT2D eigenvalue weighted by Crippen LogP contribution is 1.98. The predicted octanol–water partition coefficient (Wildman–Crippen LogP) is -1.12. The maximum atomic E-state index is 11.4. The molecule has 1 heterocycles. The molecular formula is C12H13N3O4. The van der Waals surface area contributed by atoms with Crippen molar-refractivity contribution in [2.24, 2.45) is 0 Å². The van der Waals surface area contributed by atoms with E-state index < -0.39 is 17.7 Å². The zero-order valence-corrected chi connectivity index (χ0v) is 10.1. The molecular weight excluding hydrogens is 250 g/mol. The van der Waals surface area contributed by atoms with Crippen molar-refractivity contribution < 1.29 is 18.8 Å². The Morgan fingerprint density at radius 1 is 1.16 bits per heavy atom. The van der Waals surface area contributed by atoms with Crippen molar-refractivity contribution in [3.05, 3.63) is 24.2 Å². The second-order valence-corrected chi connectivity index (χ2v) is 3.42. The van der Waals surface area contributed by atoms with Gasteiger partial charge in [-0.1, -0.05) is 5.92 Å². The fourth-order valence-corrected chi connectivity index (χ4v) is 1.11. The van der Waals surface area contributed by atoms with Crippen molar-refractivity contribution in [3.8, 4) is 12.3 Å². The third kappa shape index (κ3) is 5.41. The first kappa shape index (κ1) is 14.3. The van der Waals surface area contributed by atoms with E-state index in [0.29, 0.717) is 0 Å². The molecule has 0 atom stereocenters. The van der Waals surface area contributed by atoms with Crippen LogP contribution in [0.2, 0.25) is 0 Å². The molecule has 1 aromatic rings. The van der Waals surface area contributed by atoms with Crippen molar-refractivity contribution in [2.45, 2.75) is 0 Å². The third-order valence-corrected chi connectivity index (χ3v) is 1.99. The van der Waals surface area contributed by atoms with Gasteiger partial charge in [0.25, 0.3) is 5.91 Å². The maximum absolute atomic E-state index is 11.4. The lowest BCUT2D eigenvalue weighted by molar-refractivity contribution is -0.125. The lowest BCUT2D eigenvalue weighted by Crippen LogP contribution is -2.42. The molecule has 0 saturated heterocycles. The molecule has 1 rings (SSSR count). The molecule has 0 aromatic carbocycles. The van der Waals surface area contributed by atoms with Crippen molar-refractivity contribution in [3.63, 3.8) is 0 Å². The molecule has 100 valence electrons. The molecule has 7 nitrogen and oxygen atoms in total. The number of nitrogens with one attached hydrogen (secondary N) is 3. The van der Waals surface area contributed by atoms with Gasteiger partial charge in [0.2, 0.25) is 11.8 Å². The summed E-state index contributed by atoms with van der Waals surface area (Å²) in [6, 6.07) is 3.03. The van der Waals surface area contributed by atoms with E-state index in [1.807, 2.05) is 0 Å². The molecule has 0 spiro atoms. The van der Waals surface area contributed by atoms with Gasteiger partial charge < -0.3 is 20.4 Å². The summed E-state index contributed by atoms with van der Waals surface area (Å²) in [7, 11) is 0. The summed E-state index contributed by atoms with van der Waals surface area (Å²) >= 11 is 0. The largest absolute Gasteiger partial charge is 0.459 e. The number of amides is 3. The number of hydrogen-bond acceptors (Lipinski definition) is 4. The van der Waals surface area contributed by atoms with Crippen LogP contribution >= 0.6 is 0 Å². The Labute approximate surface area is 109 Å². The average Bonchev–Trinajstić information content (AvgIpc) is 2.94. The van der Waals surface area contributed by atoms with Crippen LogP contribution in [0.15, 0.2) is 22.8 Å². The minimum absolute atomic E-state index is 0.101. The van der Waals surface area contributed by atoms with Gasteiger partial charge in [0.1, 0.15) is 0 Å². The molecule has 0 fully saturated rings. The van der Waals surface area contributed by atoms with Gasteiger partial charge in [-0.05, 0) is 12.1 Å². The second kappa shape index (κ2) is 7.55. The maximum Gasteiger partial charge on any atom is 0.287 e. The second-order valence-electron chi connectivity index (χ2n) is 3.42. The molecule has 7 heteroatoms. The Morgan fingerprint density at radius 2 is 1.84 bits per heavy atom. The van der Waals surface area contributed by atoms with E-state index in [1.54, 1.807) is 6.07 Å². The first-order chi connectivity index (χ1) is 9.13. The predicted molar refractivity (Wildman–Crippen MR) is 65.9 cm³/mol. The van der Waals surface area contributed by atoms with E-state index >= 15 is 0 Å². The summed E-state index contributed by atoms with van der Waals surface area (Å²) in [6.45, 7) is -0.344. The zero-order chi connectivity index (χ0) is 14.1. The standard InChI is InChI=1S/C12H13N3O4/c1-2-5-13-10(16)7-14-11(17)8-15-12(18)9-4-3-6-19-9/h1,3-4,6H,5,7-8H2,(H,13,16)(H,14,17)(H,15,18). The number of furan rings is 1. The molecule has 0 unspecified atom stereocenters. The number of terminal acetylenes is 1. The van der Waals surface area contributed by atoms with E-state index in [4.69, 9.17) is 10.8 Å². The molecule has 1 aromatic heterocycles. The van der Waals surface area contributed by atoms with Gasteiger partial charge in [-0.3, -0.25) is 14.4 Å². The summed E-state index contributed by atoms with van der Waals surface area (Å²) in [6.07, 6.45) is 6.30. The van der Waals surface area contributed by atoms with E-state index in [-0.39, 0.29) is 25.4 Å². The van der Waals surface area contributed by atoms with E-state index in [1.165, 1.54) is 12.3 Å². The van der Waals surface area contributed by atoms with Crippen LogP contribution in [0.3, 0.4) is 0 Å². The minimum atomic E-state index is -0.503. The van der Waals surface area contributed by atoms with Gasteiger partial charge in [0, 0.05) is 0 Å². The average molecular weight is 263 g/mol. The number of hydrogen-bond donors (Lipinski definition) is 3. The topological polar surface area (TPSA) is 100 Å². The van der Waals surface area contributed by atoms with Crippen molar-refractivity contribution >= 4 is 17.7 Å². The highest BCUT2D eigenvalue weighted by Gasteiger charge is 2.10. The van der Waals surface area contributed by atoms with Crippen LogP contribution in [-0.4, -0.2) is 37.4 Å². The summed E-state index contributed by atoms with van der Waals surface area (Å²) in [5, 5.41) is 7.05. The normalized spacial score (nSPS) is 9.21. The third-order valence-electron chi connectivity index (χ3n) is 1.99. The Balaban J connectivity index is 2.20. The van der Waals surface area contributed by atoms with Crippen LogP contribution in [0.1, 0.15) is 10.6 Å². The number of rotatable bonds is 6. The Bertz CT molecular complexity index is 488. The minimum Gasteiger partial charge on any atom is -0.459 e. The summed E-state index contributed by atoms with van der Waals surface area (Å²) in [5.41, 5.74) is 0. The molecule has 0 saturated carbocycles. The fourth-order valence-electron chi connectivity index (χ4n) is 1.11. The first-order valence-corrected chi connectivity index (χ1v) is 5.42. The van der Waals surface area contributed by atoms with Gasteiger partial charge in [-0.25, -0.2) is 0 Å². The Morgan fingerprint density at radius 3 is 2.47 bits per heavy atom. The van der Waals surface area contributed by atoms with Gasteiger partial charge >= 0.3 is 0 Å². The van der Waals surface area contributed by atoms with Crippen LogP contribution in [-0.2, 0) is 9.59 Å². The molecule has 0 radical (unpaired) electrons. The monoisotopic (exact) mass is 263 g/mol. The lowest BCUT2D eigenvalue weighted by Gasteiger charge is -2.05. The van der Waals surface area contributed by atoms with Crippen LogP contribution in [0.5, 0.6) is 0 Å². The van der Waals surface area contributed by atoms with Gasteiger partial charge in [0.15, 0.2) is 5.76 Å². The zero-order valence-electron chi connectivity index (χ0n) is 10.1. The van der Waals surface area contributed by atoms with Crippen LogP contribution in [0, 0.1) is 12.3 Å². The smallest absolute Gasteiger partial charge is 0.287 e. The van der Waals surface area contributed by atoms with E-state index in [9.17, 15) is 14.4 Å². The Kier molecular flexibility index (Phi) is 5.69. The summed E-state index contributed by atoms with van der Waals surface area (Å²) < 4.78 is 4.84. The highest BCUT2D eigenvalue weighted by atomic mass is 16.3. The summed E-state index contributed by atoms with van der Waals surface area (Å²) in [5.74, 6) is 0.948. The van der Waals surface area contributed by atoms with Crippen LogP contribution in [0.4, 0.5) is 0 Å². The molecule has 3 amide bonds. The summed E-state index contributed by atoms with van der Waals surface area (Å²) in [4.78, 5) is 33.8. The molecule has 0 bridgehead atoms. The van der Waals surface area contributed by atoms with Gasteiger partial charge in [0.05, 0.1) is 25.9 Å².